The van der Waals surface area contributed by atoms with Crippen LogP contribution in [0.2, 0.25) is 0 Å². The summed E-state index contributed by atoms with van der Waals surface area (Å²) in [6.45, 7) is 5.03. The molecule has 1 aromatic carbocycles. The minimum atomic E-state index is -0.519. The van der Waals surface area contributed by atoms with Crippen LogP contribution < -0.4 is 10.4 Å². The van der Waals surface area contributed by atoms with E-state index in [1.807, 2.05) is 12.1 Å². The van der Waals surface area contributed by atoms with Crippen molar-refractivity contribution in [2.24, 2.45) is 0 Å². The molecule has 0 aliphatic rings. The lowest BCUT2D eigenvalue weighted by Gasteiger charge is -2.08. The molecule has 1 aromatic heterocycles. The first-order valence-electron chi connectivity index (χ1n) is 11.3. The third-order valence-electron chi connectivity index (χ3n) is 5.16. The SMILES string of the molecule is CCCCCCCCC=Cc1c(O)c2ccc(OCCCCCC)cc2oc1=O. The van der Waals surface area contributed by atoms with Crippen molar-refractivity contribution in [2.75, 3.05) is 6.61 Å². The van der Waals surface area contributed by atoms with Crippen molar-refractivity contribution in [3.8, 4) is 11.5 Å². The largest absolute Gasteiger partial charge is 0.506 e. The second-order valence-electron chi connectivity index (χ2n) is 7.68. The molecule has 0 saturated carbocycles. The summed E-state index contributed by atoms with van der Waals surface area (Å²) in [4.78, 5) is 12.3. The molecule has 0 radical (unpaired) electrons. The number of hydrogen-bond donors (Lipinski definition) is 1. The number of allylic oxidation sites excluding steroid dienone is 1. The van der Waals surface area contributed by atoms with Gasteiger partial charge in [0, 0.05) is 6.07 Å². The molecule has 0 unspecified atom stereocenters. The highest BCUT2D eigenvalue weighted by Crippen LogP contribution is 2.30. The molecule has 0 saturated heterocycles. The normalized spacial score (nSPS) is 11.5. The Morgan fingerprint density at radius 1 is 0.966 bits per heavy atom. The van der Waals surface area contributed by atoms with Crippen molar-refractivity contribution < 1.29 is 14.3 Å². The summed E-state index contributed by atoms with van der Waals surface area (Å²) in [5, 5.41) is 11.1. The van der Waals surface area contributed by atoms with E-state index in [9.17, 15) is 9.90 Å². The van der Waals surface area contributed by atoms with Crippen LogP contribution in [-0.2, 0) is 0 Å². The molecule has 0 spiro atoms. The molecular weight excluding hydrogens is 364 g/mol. The van der Waals surface area contributed by atoms with Crippen molar-refractivity contribution in [3.63, 3.8) is 0 Å². The van der Waals surface area contributed by atoms with Crippen LogP contribution in [0.25, 0.3) is 17.0 Å². The van der Waals surface area contributed by atoms with Gasteiger partial charge in [-0.15, -0.1) is 0 Å². The summed E-state index contributed by atoms with van der Waals surface area (Å²) in [5.41, 5.74) is 0.0534. The first kappa shape index (κ1) is 23.1. The first-order chi connectivity index (χ1) is 14.2. The van der Waals surface area contributed by atoms with Crippen LogP contribution in [0.15, 0.2) is 33.5 Å². The van der Waals surface area contributed by atoms with Gasteiger partial charge in [0.2, 0.25) is 0 Å². The van der Waals surface area contributed by atoms with Gasteiger partial charge >= 0.3 is 5.63 Å². The summed E-state index contributed by atoms with van der Waals surface area (Å²) in [6.07, 6.45) is 16.5. The van der Waals surface area contributed by atoms with Crippen molar-refractivity contribution in [2.45, 2.75) is 84.5 Å². The highest BCUT2D eigenvalue weighted by molar-refractivity contribution is 5.87. The Kier molecular flexibility index (Phi) is 10.4. The molecular formula is C25H36O4. The van der Waals surface area contributed by atoms with Gasteiger partial charge in [-0.1, -0.05) is 71.3 Å². The number of unbranched alkanes of at least 4 members (excludes halogenated alkanes) is 9. The van der Waals surface area contributed by atoms with Gasteiger partial charge in [-0.05, 0) is 37.5 Å². The van der Waals surface area contributed by atoms with E-state index in [1.165, 1.54) is 44.9 Å². The van der Waals surface area contributed by atoms with E-state index >= 15 is 0 Å². The van der Waals surface area contributed by atoms with Gasteiger partial charge in [-0.2, -0.15) is 0 Å². The van der Waals surface area contributed by atoms with E-state index in [0.29, 0.717) is 23.3 Å². The summed E-state index contributed by atoms with van der Waals surface area (Å²) >= 11 is 0. The zero-order chi connectivity index (χ0) is 20.9. The zero-order valence-electron chi connectivity index (χ0n) is 18.0. The summed E-state index contributed by atoms with van der Waals surface area (Å²) in [7, 11) is 0. The van der Waals surface area contributed by atoms with Gasteiger partial charge < -0.3 is 14.3 Å². The van der Waals surface area contributed by atoms with E-state index < -0.39 is 5.63 Å². The highest BCUT2D eigenvalue weighted by Gasteiger charge is 2.12. The van der Waals surface area contributed by atoms with Gasteiger partial charge in [0.05, 0.1) is 12.0 Å². The van der Waals surface area contributed by atoms with E-state index in [1.54, 1.807) is 18.2 Å². The van der Waals surface area contributed by atoms with Gasteiger partial charge in [-0.3, -0.25) is 0 Å². The van der Waals surface area contributed by atoms with Crippen LogP contribution in [0.3, 0.4) is 0 Å². The van der Waals surface area contributed by atoms with Crippen molar-refractivity contribution in [3.05, 3.63) is 40.3 Å². The smallest absolute Gasteiger partial charge is 0.347 e. The monoisotopic (exact) mass is 400 g/mol. The van der Waals surface area contributed by atoms with E-state index in [2.05, 4.69) is 13.8 Å². The van der Waals surface area contributed by atoms with Crippen molar-refractivity contribution >= 4 is 17.0 Å². The minimum Gasteiger partial charge on any atom is -0.506 e. The third-order valence-corrected chi connectivity index (χ3v) is 5.16. The molecule has 4 heteroatoms. The second-order valence-corrected chi connectivity index (χ2v) is 7.68. The quantitative estimate of drug-likeness (QED) is 0.268. The van der Waals surface area contributed by atoms with Crippen LogP contribution in [0.4, 0.5) is 0 Å². The average Bonchev–Trinajstić information content (AvgIpc) is 2.71. The number of rotatable bonds is 14. The summed E-state index contributed by atoms with van der Waals surface area (Å²) < 4.78 is 11.2. The first-order valence-corrected chi connectivity index (χ1v) is 11.3. The number of fused-ring (bicyclic) bond motifs is 1. The summed E-state index contributed by atoms with van der Waals surface area (Å²) in [6, 6.07) is 5.24. The molecule has 160 valence electrons. The van der Waals surface area contributed by atoms with E-state index in [0.717, 1.165) is 25.7 Å². The predicted molar refractivity (Wildman–Crippen MR) is 121 cm³/mol. The lowest BCUT2D eigenvalue weighted by atomic mass is 10.1. The number of hydrogen-bond acceptors (Lipinski definition) is 4. The molecule has 0 fully saturated rings. The molecule has 29 heavy (non-hydrogen) atoms. The predicted octanol–water partition coefficient (Wildman–Crippen LogP) is 7.22. The van der Waals surface area contributed by atoms with Crippen molar-refractivity contribution in [1.29, 1.82) is 0 Å². The Morgan fingerprint density at radius 2 is 1.66 bits per heavy atom. The van der Waals surface area contributed by atoms with Gasteiger partial charge in [0.15, 0.2) is 0 Å². The second kappa shape index (κ2) is 13.1. The Labute approximate surface area is 174 Å². The Balaban J connectivity index is 1.96. The fourth-order valence-corrected chi connectivity index (χ4v) is 3.38. The maximum Gasteiger partial charge on any atom is 0.347 e. The minimum absolute atomic E-state index is 0.0232. The number of ether oxygens (including phenoxy) is 1. The molecule has 1 heterocycles. The maximum atomic E-state index is 12.3. The Morgan fingerprint density at radius 3 is 2.41 bits per heavy atom. The topological polar surface area (TPSA) is 59.7 Å². The fourth-order valence-electron chi connectivity index (χ4n) is 3.38. The lowest BCUT2D eigenvalue weighted by molar-refractivity contribution is 0.305. The molecule has 0 atom stereocenters. The van der Waals surface area contributed by atoms with Crippen LogP contribution in [0, 0.1) is 0 Å². The fraction of sp³-hybridized carbons (Fsp3) is 0.560. The molecule has 0 bridgehead atoms. The van der Waals surface area contributed by atoms with Crippen LogP contribution in [0.5, 0.6) is 11.5 Å². The molecule has 2 aromatic rings. The highest BCUT2D eigenvalue weighted by atomic mass is 16.5. The van der Waals surface area contributed by atoms with Gasteiger partial charge in [-0.25, -0.2) is 4.79 Å². The number of benzene rings is 1. The molecule has 2 rings (SSSR count). The van der Waals surface area contributed by atoms with Gasteiger partial charge in [0.1, 0.15) is 22.6 Å². The third kappa shape index (κ3) is 7.60. The standard InChI is InChI=1S/C25H36O4/c1-3-5-7-9-10-11-12-13-15-22-24(26)21-17-16-20(19-23(21)29-25(22)27)28-18-14-8-6-4-2/h13,15-17,19,26H,3-12,14,18H2,1-2H3. The molecule has 1 N–H and O–H groups in total. The van der Waals surface area contributed by atoms with Gasteiger partial charge in [0.25, 0.3) is 0 Å². The van der Waals surface area contributed by atoms with Crippen LogP contribution in [-0.4, -0.2) is 11.7 Å². The summed E-state index contributed by atoms with van der Waals surface area (Å²) in [5.74, 6) is 0.632. The van der Waals surface area contributed by atoms with E-state index in [4.69, 9.17) is 9.15 Å². The zero-order valence-corrected chi connectivity index (χ0v) is 18.0. The molecule has 0 aliphatic heterocycles. The molecule has 0 aliphatic carbocycles. The van der Waals surface area contributed by atoms with Crippen LogP contribution >= 0.6 is 0 Å². The Hall–Kier alpha value is -2.23. The Bertz CT molecular complexity index is 819. The maximum absolute atomic E-state index is 12.3. The molecule has 4 nitrogen and oxygen atoms in total. The average molecular weight is 401 g/mol. The molecule has 0 amide bonds. The lowest BCUT2D eigenvalue weighted by Crippen LogP contribution is -2.04. The van der Waals surface area contributed by atoms with E-state index in [-0.39, 0.29) is 11.3 Å². The van der Waals surface area contributed by atoms with Crippen molar-refractivity contribution in [1.82, 2.24) is 0 Å². The van der Waals surface area contributed by atoms with Crippen LogP contribution in [0.1, 0.15) is 90.0 Å². The number of aromatic hydroxyl groups is 1.